The predicted octanol–water partition coefficient (Wildman–Crippen LogP) is 4.00. The Morgan fingerprint density at radius 2 is 1.85 bits per heavy atom. The molecule has 108 valence electrons. The lowest BCUT2D eigenvalue weighted by molar-refractivity contribution is 0.414. The number of sulfone groups is 1. The van der Waals surface area contributed by atoms with Gasteiger partial charge in [0, 0.05) is 0 Å². The van der Waals surface area contributed by atoms with Gasteiger partial charge >= 0.3 is 0 Å². The maximum Gasteiger partial charge on any atom is 0.206 e. The van der Waals surface area contributed by atoms with E-state index in [9.17, 15) is 13.5 Å². The van der Waals surface area contributed by atoms with Gasteiger partial charge in [0.15, 0.2) is 0 Å². The second-order valence-corrected chi connectivity index (χ2v) is 6.58. The molecule has 0 fully saturated rings. The van der Waals surface area contributed by atoms with Crippen molar-refractivity contribution in [2.24, 2.45) is 0 Å². The van der Waals surface area contributed by atoms with Gasteiger partial charge in [0.2, 0.25) is 9.84 Å². The molecule has 1 rings (SSSR count). The third-order valence-electron chi connectivity index (χ3n) is 2.90. The first kappa shape index (κ1) is 16.2. The fourth-order valence-corrected chi connectivity index (χ4v) is 3.06. The van der Waals surface area contributed by atoms with E-state index < -0.39 is 9.84 Å². The molecule has 0 saturated heterocycles. The predicted molar refractivity (Wildman–Crippen MR) is 82.4 cm³/mol. The second kappa shape index (κ2) is 6.57. The summed E-state index contributed by atoms with van der Waals surface area (Å²) in [4.78, 5) is 0.299. The third kappa shape index (κ3) is 3.84. The van der Waals surface area contributed by atoms with E-state index in [1.54, 1.807) is 37.3 Å². The molecule has 1 aromatic rings. The van der Waals surface area contributed by atoms with E-state index in [1.807, 2.05) is 13.8 Å². The molecule has 1 N–H and O–H groups in total. The fourth-order valence-electron chi connectivity index (χ4n) is 1.63. The van der Waals surface area contributed by atoms with E-state index in [0.29, 0.717) is 0 Å². The Bertz CT molecular complexity index is 674. The highest BCUT2D eigenvalue weighted by atomic mass is 32.2. The molecule has 3 nitrogen and oxygen atoms in total. The Morgan fingerprint density at radius 3 is 2.35 bits per heavy atom. The van der Waals surface area contributed by atoms with Crippen LogP contribution in [0.4, 0.5) is 0 Å². The average molecular weight is 292 g/mol. The zero-order valence-corrected chi connectivity index (χ0v) is 13.0. The van der Waals surface area contributed by atoms with Gasteiger partial charge in [-0.2, -0.15) is 0 Å². The molecule has 4 heteroatoms. The second-order valence-electron chi connectivity index (χ2n) is 4.63. The summed E-state index contributed by atoms with van der Waals surface area (Å²) in [6.45, 7) is 7.04. The van der Waals surface area contributed by atoms with Crippen LogP contribution in [0.25, 0.3) is 0 Å². The third-order valence-corrected chi connectivity index (χ3v) is 4.65. The van der Waals surface area contributed by atoms with Crippen molar-refractivity contribution in [3.05, 3.63) is 64.3 Å². The van der Waals surface area contributed by atoms with E-state index in [-0.39, 0.29) is 15.6 Å². The zero-order chi connectivity index (χ0) is 15.3. The summed E-state index contributed by atoms with van der Waals surface area (Å²) >= 11 is 0. The van der Waals surface area contributed by atoms with Gasteiger partial charge in [-0.25, -0.2) is 8.42 Å². The summed E-state index contributed by atoms with van der Waals surface area (Å²) in [6.07, 6.45) is 6.10. The van der Waals surface area contributed by atoms with Gasteiger partial charge in [0.1, 0.15) is 0 Å². The minimum absolute atomic E-state index is 0.0480. The normalized spacial score (nSPS) is 14.0. The number of rotatable bonds is 4. The molecule has 0 unspecified atom stereocenters. The molecule has 0 aliphatic rings. The summed E-state index contributed by atoms with van der Waals surface area (Å²) in [5, 5.41) is 9.36. The van der Waals surface area contributed by atoms with Crippen molar-refractivity contribution in [1.82, 2.24) is 0 Å². The maximum atomic E-state index is 12.6. The molecule has 20 heavy (non-hydrogen) atoms. The first-order valence-electron chi connectivity index (χ1n) is 6.31. The van der Waals surface area contributed by atoms with Crippen LogP contribution in [0.2, 0.25) is 0 Å². The number of aliphatic hydroxyl groups is 1. The SMILES string of the molecule is C/C=C/C=C(\C=C(/C)O)S(=O)(=O)c1ccc(C)c(C)c1. The molecular weight excluding hydrogens is 272 g/mol. The largest absolute Gasteiger partial charge is 0.513 e. The summed E-state index contributed by atoms with van der Waals surface area (Å²) in [6, 6.07) is 5.02. The van der Waals surface area contributed by atoms with Crippen molar-refractivity contribution in [2.75, 3.05) is 0 Å². The maximum absolute atomic E-state index is 12.6. The highest BCUT2D eigenvalue weighted by Gasteiger charge is 2.19. The Balaban J connectivity index is 3.44. The average Bonchev–Trinajstić information content (AvgIpc) is 2.37. The standard InChI is InChI=1S/C16H20O3S/c1-5-6-7-15(11-14(4)17)20(18,19)16-9-8-12(2)13(3)10-16/h5-11,17H,1-4H3/b6-5+,14-11+,15-7+. The van der Waals surface area contributed by atoms with Crippen LogP contribution in [0, 0.1) is 13.8 Å². The van der Waals surface area contributed by atoms with Crippen LogP contribution in [-0.4, -0.2) is 13.5 Å². The molecule has 0 heterocycles. The van der Waals surface area contributed by atoms with Crippen molar-refractivity contribution in [3.63, 3.8) is 0 Å². The molecule has 1 aromatic carbocycles. The lowest BCUT2D eigenvalue weighted by Gasteiger charge is -2.08. The Labute approximate surface area is 120 Å². The first-order chi connectivity index (χ1) is 9.28. The van der Waals surface area contributed by atoms with Crippen LogP contribution < -0.4 is 0 Å². The van der Waals surface area contributed by atoms with Crippen LogP contribution in [0.1, 0.15) is 25.0 Å². The van der Waals surface area contributed by atoms with Gasteiger partial charge in [0.05, 0.1) is 15.6 Å². The van der Waals surface area contributed by atoms with Crippen LogP contribution in [0.5, 0.6) is 0 Å². The van der Waals surface area contributed by atoms with Crippen molar-refractivity contribution in [3.8, 4) is 0 Å². The quantitative estimate of drug-likeness (QED) is 0.674. The monoisotopic (exact) mass is 292 g/mol. The molecule has 0 atom stereocenters. The Hall–Kier alpha value is -1.81. The lowest BCUT2D eigenvalue weighted by Crippen LogP contribution is -2.04. The number of allylic oxidation sites excluding steroid dienone is 5. The van der Waals surface area contributed by atoms with Crippen LogP contribution in [0.3, 0.4) is 0 Å². The Morgan fingerprint density at radius 1 is 1.20 bits per heavy atom. The Kier molecular flexibility index (Phi) is 5.34. The number of aryl methyl sites for hydroxylation is 2. The fraction of sp³-hybridized carbons (Fsp3) is 0.250. The molecule has 0 spiro atoms. The number of hydrogen-bond donors (Lipinski definition) is 1. The molecule has 0 aromatic heterocycles. The van der Waals surface area contributed by atoms with Crippen LogP contribution in [-0.2, 0) is 9.84 Å². The molecule has 0 aliphatic heterocycles. The minimum Gasteiger partial charge on any atom is -0.513 e. The summed E-state index contributed by atoms with van der Waals surface area (Å²) in [5.74, 6) is -0.0480. The van der Waals surface area contributed by atoms with Crippen molar-refractivity contribution in [1.29, 1.82) is 0 Å². The highest BCUT2D eigenvalue weighted by Crippen LogP contribution is 2.23. The van der Waals surface area contributed by atoms with E-state index in [1.165, 1.54) is 19.1 Å². The minimum atomic E-state index is -3.63. The van der Waals surface area contributed by atoms with Gasteiger partial charge in [0.25, 0.3) is 0 Å². The van der Waals surface area contributed by atoms with Gasteiger partial charge in [-0.1, -0.05) is 18.2 Å². The van der Waals surface area contributed by atoms with Gasteiger partial charge in [-0.15, -0.1) is 0 Å². The van der Waals surface area contributed by atoms with Crippen molar-refractivity contribution in [2.45, 2.75) is 32.6 Å². The van der Waals surface area contributed by atoms with Crippen LogP contribution >= 0.6 is 0 Å². The molecule has 0 aliphatic carbocycles. The number of benzene rings is 1. The summed E-state index contributed by atoms with van der Waals surface area (Å²) in [5.41, 5.74) is 1.96. The van der Waals surface area contributed by atoms with E-state index in [4.69, 9.17) is 0 Å². The number of hydrogen-bond acceptors (Lipinski definition) is 3. The van der Waals surface area contributed by atoms with Gasteiger partial charge in [-0.3, -0.25) is 0 Å². The lowest BCUT2D eigenvalue weighted by atomic mass is 10.1. The van der Waals surface area contributed by atoms with E-state index in [2.05, 4.69) is 0 Å². The van der Waals surface area contributed by atoms with Crippen molar-refractivity contribution >= 4 is 9.84 Å². The summed E-state index contributed by atoms with van der Waals surface area (Å²) in [7, 11) is -3.63. The molecular formula is C16H20O3S. The molecule has 0 radical (unpaired) electrons. The topological polar surface area (TPSA) is 54.4 Å². The van der Waals surface area contributed by atoms with E-state index >= 15 is 0 Å². The van der Waals surface area contributed by atoms with Crippen LogP contribution in [0.15, 0.2) is 58.1 Å². The molecule has 0 bridgehead atoms. The molecule has 0 amide bonds. The zero-order valence-electron chi connectivity index (χ0n) is 12.2. The van der Waals surface area contributed by atoms with Gasteiger partial charge < -0.3 is 5.11 Å². The first-order valence-corrected chi connectivity index (χ1v) is 7.80. The van der Waals surface area contributed by atoms with E-state index in [0.717, 1.165) is 11.1 Å². The summed E-state index contributed by atoms with van der Waals surface area (Å²) < 4.78 is 25.2. The smallest absolute Gasteiger partial charge is 0.206 e. The highest BCUT2D eigenvalue weighted by molar-refractivity contribution is 7.95. The van der Waals surface area contributed by atoms with Gasteiger partial charge in [-0.05, 0) is 63.1 Å². The molecule has 0 saturated carbocycles. The number of aliphatic hydroxyl groups excluding tert-OH is 1. The van der Waals surface area contributed by atoms with Crippen molar-refractivity contribution < 1.29 is 13.5 Å².